The van der Waals surface area contributed by atoms with Gasteiger partial charge in [0.05, 0.1) is 12.0 Å². The van der Waals surface area contributed by atoms with Gasteiger partial charge in [0.25, 0.3) is 5.91 Å². The summed E-state index contributed by atoms with van der Waals surface area (Å²) < 4.78 is 5.17. The van der Waals surface area contributed by atoms with E-state index in [1.165, 1.54) is 12.3 Å². The molecule has 1 aliphatic rings. The molecular formula is C18H18N4O2. The Labute approximate surface area is 140 Å². The molecule has 1 fully saturated rings. The quantitative estimate of drug-likeness (QED) is 0.691. The molecule has 0 bridgehead atoms. The van der Waals surface area contributed by atoms with Crippen molar-refractivity contribution < 1.29 is 9.21 Å². The number of furan rings is 1. The number of rotatable bonds is 4. The third kappa shape index (κ3) is 3.82. The predicted octanol–water partition coefficient (Wildman–Crippen LogP) is 2.68. The maximum Gasteiger partial charge on any atom is 0.264 e. The number of nitrogens with zero attached hydrogens (tertiary/aromatic N) is 3. The zero-order valence-corrected chi connectivity index (χ0v) is 13.2. The van der Waals surface area contributed by atoms with Crippen molar-refractivity contribution in [3.8, 4) is 6.07 Å². The van der Waals surface area contributed by atoms with Crippen LogP contribution in [-0.4, -0.2) is 34.9 Å². The number of piperidine rings is 1. The number of likely N-dealkylation sites (tertiary alicyclic amines) is 1. The van der Waals surface area contributed by atoms with Crippen molar-refractivity contribution in [1.29, 1.82) is 5.26 Å². The third-order valence-electron chi connectivity index (χ3n) is 4.00. The summed E-state index contributed by atoms with van der Waals surface area (Å²) in [6.07, 6.45) is 8.20. The number of carbonyl (C=O) groups excluding carboxylic acids is 1. The summed E-state index contributed by atoms with van der Waals surface area (Å²) in [4.78, 5) is 18.3. The van der Waals surface area contributed by atoms with Crippen LogP contribution in [-0.2, 0) is 4.79 Å². The molecule has 0 aliphatic carbocycles. The molecule has 1 saturated heterocycles. The number of anilines is 1. The van der Waals surface area contributed by atoms with Gasteiger partial charge in [-0.05, 0) is 37.1 Å². The largest absolute Gasteiger partial charge is 0.465 e. The molecule has 2 aromatic rings. The molecule has 24 heavy (non-hydrogen) atoms. The Balaban J connectivity index is 1.58. The average molecular weight is 322 g/mol. The second kappa shape index (κ2) is 7.47. The van der Waals surface area contributed by atoms with Crippen LogP contribution in [0.1, 0.15) is 18.6 Å². The van der Waals surface area contributed by atoms with Crippen LogP contribution in [0.4, 0.5) is 5.69 Å². The first kappa shape index (κ1) is 15.8. The van der Waals surface area contributed by atoms with E-state index in [1.807, 2.05) is 18.2 Å². The lowest BCUT2D eigenvalue weighted by Gasteiger charge is -2.32. The minimum Gasteiger partial charge on any atom is -0.465 e. The van der Waals surface area contributed by atoms with Gasteiger partial charge in [0.1, 0.15) is 17.4 Å². The van der Waals surface area contributed by atoms with Crippen molar-refractivity contribution in [2.45, 2.75) is 18.9 Å². The zero-order valence-electron chi connectivity index (χ0n) is 13.2. The molecule has 0 saturated carbocycles. The molecule has 3 heterocycles. The minimum absolute atomic E-state index is 0.101. The number of hydrogen-bond donors (Lipinski definition) is 1. The topological polar surface area (TPSA) is 82.2 Å². The molecule has 0 aromatic carbocycles. The number of pyridine rings is 1. The first-order valence-corrected chi connectivity index (χ1v) is 7.87. The molecule has 1 aliphatic heterocycles. The highest BCUT2D eigenvalue weighted by Crippen LogP contribution is 2.18. The Morgan fingerprint density at radius 1 is 1.38 bits per heavy atom. The Kier molecular flexibility index (Phi) is 4.92. The van der Waals surface area contributed by atoms with E-state index in [0.717, 1.165) is 18.5 Å². The van der Waals surface area contributed by atoms with Crippen LogP contribution in [0.15, 0.2) is 52.9 Å². The van der Waals surface area contributed by atoms with Crippen LogP contribution >= 0.6 is 0 Å². The fourth-order valence-electron chi connectivity index (χ4n) is 2.74. The number of carbonyl (C=O) groups is 1. The van der Waals surface area contributed by atoms with E-state index in [-0.39, 0.29) is 11.5 Å². The zero-order chi connectivity index (χ0) is 16.8. The van der Waals surface area contributed by atoms with Crippen molar-refractivity contribution in [1.82, 2.24) is 9.88 Å². The molecule has 0 unspecified atom stereocenters. The minimum atomic E-state index is -0.242. The van der Waals surface area contributed by atoms with Crippen LogP contribution in [0, 0.1) is 11.3 Å². The van der Waals surface area contributed by atoms with E-state index < -0.39 is 0 Å². The summed E-state index contributed by atoms with van der Waals surface area (Å²) >= 11 is 0. The highest BCUT2D eigenvalue weighted by molar-refractivity contribution is 6.01. The summed E-state index contributed by atoms with van der Waals surface area (Å²) in [6.45, 7) is 1.24. The van der Waals surface area contributed by atoms with Gasteiger partial charge in [-0.3, -0.25) is 9.78 Å². The van der Waals surface area contributed by atoms with E-state index >= 15 is 0 Å². The van der Waals surface area contributed by atoms with Gasteiger partial charge in [-0.1, -0.05) is 0 Å². The molecule has 1 amide bonds. The highest BCUT2D eigenvalue weighted by Gasteiger charge is 2.25. The van der Waals surface area contributed by atoms with Gasteiger partial charge in [-0.2, -0.15) is 5.26 Å². The molecule has 0 radical (unpaired) electrons. The van der Waals surface area contributed by atoms with Gasteiger partial charge in [-0.25, -0.2) is 0 Å². The predicted molar refractivity (Wildman–Crippen MR) is 89.8 cm³/mol. The van der Waals surface area contributed by atoms with Crippen molar-refractivity contribution in [3.05, 3.63) is 54.3 Å². The smallest absolute Gasteiger partial charge is 0.264 e. The maximum absolute atomic E-state index is 12.5. The van der Waals surface area contributed by atoms with E-state index in [9.17, 15) is 10.1 Å². The number of amides is 1. The normalized spacial score (nSPS) is 15.8. The van der Waals surface area contributed by atoms with E-state index in [1.54, 1.807) is 29.4 Å². The summed E-state index contributed by atoms with van der Waals surface area (Å²) in [5.74, 6) is 0.266. The van der Waals surface area contributed by atoms with Gasteiger partial charge in [-0.15, -0.1) is 0 Å². The maximum atomic E-state index is 12.5. The van der Waals surface area contributed by atoms with Crippen molar-refractivity contribution in [3.63, 3.8) is 0 Å². The van der Waals surface area contributed by atoms with Crippen LogP contribution in [0.5, 0.6) is 0 Å². The average Bonchev–Trinajstić information content (AvgIpc) is 3.14. The molecule has 122 valence electrons. The Bertz CT molecular complexity index is 739. The van der Waals surface area contributed by atoms with Gasteiger partial charge >= 0.3 is 0 Å². The molecule has 3 rings (SSSR count). The monoisotopic (exact) mass is 322 g/mol. The molecule has 1 N–H and O–H groups in total. The van der Waals surface area contributed by atoms with E-state index in [0.29, 0.717) is 24.9 Å². The molecule has 0 spiro atoms. The van der Waals surface area contributed by atoms with E-state index in [4.69, 9.17) is 4.42 Å². The lowest BCUT2D eigenvalue weighted by molar-refractivity contribution is -0.127. The number of nitriles is 1. The van der Waals surface area contributed by atoms with Crippen LogP contribution < -0.4 is 5.32 Å². The van der Waals surface area contributed by atoms with Crippen LogP contribution in [0.2, 0.25) is 0 Å². The third-order valence-corrected chi connectivity index (χ3v) is 4.00. The van der Waals surface area contributed by atoms with Gasteiger partial charge in [0, 0.05) is 37.6 Å². The molecule has 6 heteroatoms. The highest BCUT2D eigenvalue weighted by atomic mass is 16.3. The van der Waals surface area contributed by atoms with Gasteiger partial charge in [0.2, 0.25) is 0 Å². The van der Waals surface area contributed by atoms with Gasteiger partial charge < -0.3 is 14.6 Å². The Hall–Kier alpha value is -3.07. The molecular weight excluding hydrogens is 304 g/mol. The van der Waals surface area contributed by atoms with Crippen LogP contribution in [0.25, 0.3) is 6.08 Å². The van der Waals surface area contributed by atoms with Crippen molar-refractivity contribution >= 4 is 17.7 Å². The summed E-state index contributed by atoms with van der Waals surface area (Å²) in [5.41, 5.74) is 1.08. The van der Waals surface area contributed by atoms with Crippen molar-refractivity contribution in [2.24, 2.45) is 0 Å². The molecule has 0 atom stereocenters. The Morgan fingerprint density at radius 3 is 2.83 bits per heavy atom. The fraction of sp³-hybridized carbons (Fsp3) is 0.278. The van der Waals surface area contributed by atoms with E-state index in [2.05, 4.69) is 10.3 Å². The summed E-state index contributed by atoms with van der Waals surface area (Å²) in [5, 5.41) is 12.7. The first-order chi connectivity index (χ1) is 11.8. The van der Waals surface area contributed by atoms with Crippen molar-refractivity contribution in [2.75, 3.05) is 18.4 Å². The lowest BCUT2D eigenvalue weighted by Crippen LogP contribution is -2.42. The molecule has 6 nitrogen and oxygen atoms in total. The van der Waals surface area contributed by atoms with Crippen LogP contribution in [0.3, 0.4) is 0 Å². The Morgan fingerprint density at radius 2 is 2.21 bits per heavy atom. The van der Waals surface area contributed by atoms with Gasteiger partial charge in [0.15, 0.2) is 0 Å². The number of aromatic nitrogens is 1. The SMILES string of the molecule is N#C/C(=C/c1ccco1)C(=O)N1CCC(Nc2cccnc2)CC1. The second-order valence-electron chi connectivity index (χ2n) is 5.64. The fourth-order valence-corrected chi connectivity index (χ4v) is 2.74. The summed E-state index contributed by atoms with van der Waals surface area (Å²) in [7, 11) is 0. The number of hydrogen-bond acceptors (Lipinski definition) is 5. The molecule has 2 aromatic heterocycles. The second-order valence-corrected chi connectivity index (χ2v) is 5.64. The number of nitrogens with one attached hydrogen (secondary N) is 1. The first-order valence-electron chi connectivity index (χ1n) is 7.87. The summed E-state index contributed by atoms with van der Waals surface area (Å²) in [6, 6.07) is 9.58. The lowest BCUT2D eigenvalue weighted by atomic mass is 10.0. The standard InChI is InChI=1S/C18H18N4O2/c19-12-14(11-17-4-2-10-24-17)18(23)22-8-5-15(6-9-22)21-16-3-1-7-20-13-16/h1-4,7,10-11,13,15,21H,5-6,8-9H2/b14-11-.